The summed E-state index contributed by atoms with van der Waals surface area (Å²) in [6.45, 7) is 4.20. The number of rotatable bonds is 10. The van der Waals surface area contributed by atoms with Crippen LogP contribution < -0.4 is 15.5 Å². The van der Waals surface area contributed by atoms with E-state index in [1.165, 1.54) is 0 Å². The number of pyridine rings is 1. The topological polar surface area (TPSA) is 130 Å². The number of anilines is 4. The van der Waals surface area contributed by atoms with Crippen LogP contribution in [-0.2, 0) is 4.74 Å². The fourth-order valence-corrected chi connectivity index (χ4v) is 4.15. The second kappa shape index (κ2) is 10.5. The summed E-state index contributed by atoms with van der Waals surface area (Å²) in [5.74, 6) is 3.49. The lowest BCUT2D eigenvalue weighted by Crippen LogP contribution is -2.25. The molecule has 0 spiro atoms. The fourth-order valence-electron chi connectivity index (χ4n) is 4.15. The van der Waals surface area contributed by atoms with Crippen LogP contribution in [0, 0.1) is 6.92 Å². The van der Waals surface area contributed by atoms with Crippen LogP contribution in [0.25, 0.3) is 11.4 Å². The zero-order valence-electron chi connectivity index (χ0n) is 19.9. The first-order valence-electron chi connectivity index (χ1n) is 11.7. The number of nitrogens with zero attached hydrogens (tertiary/aromatic N) is 6. The Bertz CT molecular complexity index is 1240. The molecule has 0 bridgehead atoms. The molecule has 4 aromatic heterocycles. The van der Waals surface area contributed by atoms with Gasteiger partial charge in [0.2, 0.25) is 5.95 Å². The molecule has 1 fully saturated rings. The van der Waals surface area contributed by atoms with Crippen LogP contribution in [0.5, 0.6) is 0 Å². The number of ether oxygens (including phenoxy) is 1. The van der Waals surface area contributed by atoms with E-state index in [1.54, 1.807) is 13.3 Å². The van der Waals surface area contributed by atoms with Crippen LogP contribution in [-0.4, -0.2) is 57.1 Å². The number of nitrogens with one attached hydrogen (secondary N) is 3. The zero-order valence-corrected chi connectivity index (χ0v) is 19.9. The number of H-pyrrole nitrogens is 1. The van der Waals surface area contributed by atoms with Gasteiger partial charge in [-0.1, -0.05) is 11.2 Å². The fraction of sp³-hybridized carbons (Fsp3) is 0.375. The van der Waals surface area contributed by atoms with E-state index in [-0.39, 0.29) is 6.04 Å². The van der Waals surface area contributed by atoms with Gasteiger partial charge in [0.15, 0.2) is 11.6 Å². The molecule has 5 rings (SSSR count). The third kappa shape index (κ3) is 5.40. The number of methoxy groups -OCH3 is 1. The Hall–Kier alpha value is -3.99. The third-order valence-corrected chi connectivity index (χ3v) is 5.80. The predicted octanol–water partition coefficient (Wildman–Crippen LogP) is 4.09. The van der Waals surface area contributed by atoms with Gasteiger partial charge in [-0.15, -0.1) is 0 Å². The molecule has 1 saturated heterocycles. The first kappa shape index (κ1) is 22.8. The van der Waals surface area contributed by atoms with E-state index in [9.17, 15) is 0 Å². The first-order chi connectivity index (χ1) is 17.2. The molecule has 0 aromatic carbocycles. The molecule has 1 aliphatic rings. The van der Waals surface area contributed by atoms with Gasteiger partial charge >= 0.3 is 0 Å². The minimum absolute atomic E-state index is 0.0100. The average Bonchev–Trinajstić information content (AvgIpc) is 3.63. The summed E-state index contributed by atoms with van der Waals surface area (Å²) < 4.78 is 10.9. The maximum Gasteiger partial charge on any atom is 0.229 e. The smallest absolute Gasteiger partial charge is 0.229 e. The minimum atomic E-state index is -0.0100. The van der Waals surface area contributed by atoms with Crippen molar-refractivity contribution in [2.24, 2.45) is 0 Å². The number of hydrogen-bond donors (Lipinski definition) is 3. The minimum Gasteiger partial charge on any atom is -0.385 e. The van der Waals surface area contributed by atoms with Crippen molar-refractivity contribution in [1.82, 2.24) is 30.3 Å². The van der Waals surface area contributed by atoms with E-state index < -0.39 is 0 Å². The predicted molar refractivity (Wildman–Crippen MR) is 133 cm³/mol. The second-order valence-corrected chi connectivity index (χ2v) is 8.45. The highest BCUT2D eigenvalue weighted by Crippen LogP contribution is 2.37. The monoisotopic (exact) mass is 475 g/mol. The highest BCUT2D eigenvalue weighted by molar-refractivity contribution is 5.60. The highest BCUT2D eigenvalue weighted by Gasteiger charge is 2.32. The van der Waals surface area contributed by atoms with Crippen LogP contribution >= 0.6 is 0 Å². The van der Waals surface area contributed by atoms with Crippen molar-refractivity contribution >= 4 is 23.4 Å². The van der Waals surface area contributed by atoms with Gasteiger partial charge in [0.1, 0.15) is 17.3 Å². The molecule has 4 aromatic rings. The quantitative estimate of drug-likeness (QED) is 0.288. The van der Waals surface area contributed by atoms with Gasteiger partial charge in [-0.3, -0.25) is 10.1 Å². The molecule has 0 amide bonds. The van der Waals surface area contributed by atoms with Gasteiger partial charge in [-0.2, -0.15) is 15.1 Å². The van der Waals surface area contributed by atoms with Crippen LogP contribution in [0.2, 0.25) is 0 Å². The van der Waals surface area contributed by atoms with Crippen molar-refractivity contribution in [2.75, 3.05) is 42.3 Å². The molecule has 11 heteroatoms. The molecule has 1 atom stereocenters. The highest BCUT2D eigenvalue weighted by atomic mass is 16.5. The van der Waals surface area contributed by atoms with Crippen molar-refractivity contribution in [3.8, 4) is 11.4 Å². The van der Waals surface area contributed by atoms with Crippen LogP contribution in [0.1, 0.15) is 36.8 Å². The van der Waals surface area contributed by atoms with Crippen LogP contribution in [0.3, 0.4) is 0 Å². The Morgan fingerprint density at radius 3 is 2.86 bits per heavy atom. The summed E-state index contributed by atoms with van der Waals surface area (Å²) in [5, 5.41) is 18.1. The Morgan fingerprint density at radius 2 is 2.06 bits per heavy atom. The standard InChI is InChI=1S/C24H29N9O2/c1-16-13-23(31-30-16)27-22-15-21(26-10-6-12-34-2)28-24(29-22)33-11-5-8-19(33)20-14-18(32-35-20)17-7-3-4-9-25-17/h3-4,7,9,13-15,19H,5-6,8,10-12H2,1-2H3,(H3,26,27,28,29,30,31)/t19-/m0/s1. The molecule has 0 saturated carbocycles. The van der Waals surface area contributed by atoms with Crippen molar-refractivity contribution in [3.05, 3.63) is 54.0 Å². The molecule has 0 radical (unpaired) electrons. The summed E-state index contributed by atoms with van der Waals surface area (Å²) in [5.41, 5.74) is 2.47. The molecule has 3 N–H and O–H groups in total. The number of aromatic amines is 1. The van der Waals surface area contributed by atoms with E-state index in [0.29, 0.717) is 24.2 Å². The molecule has 35 heavy (non-hydrogen) atoms. The average molecular weight is 476 g/mol. The molecule has 11 nitrogen and oxygen atoms in total. The maximum absolute atomic E-state index is 5.76. The van der Waals surface area contributed by atoms with Crippen LogP contribution in [0.15, 0.2) is 47.1 Å². The third-order valence-electron chi connectivity index (χ3n) is 5.80. The van der Waals surface area contributed by atoms with Crippen molar-refractivity contribution in [2.45, 2.75) is 32.2 Å². The van der Waals surface area contributed by atoms with E-state index in [0.717, 1.165) is 61.0 Å². The largest absolute Gasteiger partial charge is 0.385 e. The Labute approximate surface area is 203 Å². The van der Waals surface area contributed by atoms with Gasteiger partial charge in [-0.05, 0) is 38.3 Å². The second-order valence-electron chi connectivity index (χ2n) is 8.45. The van der Waals surface area contributed by atoms with Crippen molar-refractivity contribution in [3.63, 3.8) is 0 Å². The molecule has 1 aliphatic heterocycles. The number of hydrogen-bond acceptors (Lipinski definition) is 10. The van der Waals surface area contributed by atoms with Crippen LogP contribution in [0.4, 0.5) is 23.4 Å². The number of aryl methyl sites for hydroxylation is 1. The summed E-state index contributed by atoms with van der Waals surface area (Å²) in [7, 11) is 1.70. The molecular formula is C24H29N9O2. The van der Waals surface area contributed by atoms with Gasteiger partial charge in [0.05, 0.1) is 11.7 Å². The van der Waals surface area contributed by atoms with Gasteiger partial charge in [0.25, 0.3) is 0 Å². The zero-order chi connectivity index (χ0) is 24.0. The lowest BCUT2D eigenvalue weighted by Gasteiger charge is -2.23. The van der Waals surface area contributed by atoms with Gasteiger partial charge in [0, 0.05) is 56.9 Å². The van der Waals surface area contributed by atoms with Gasteiger partial charge in [-0.25, -0.2) is 0 Å². The van der Waals surface area contributed by atoms with E-state index in [4.69, 9.17) is 19.2 Å². The Kier molecular flexibility index (Phi) is 6.85. The lowest BCUT2D eigenvalue weighted by atomic mass is 10.1. The lowest BCUT2D eigenvalue weighted by molar-refractivity contribution is 0.198. The number of aromatic nitrogens is 6. The van der Waals surface area contributed by atoms with E-state index in [2.05, 4.69) is 35.9 Å². The molecule has 5 heterocycles. The normalized spacial score (nSPS) is 15.5. The summed E-state index contributed by atoms with van der Waals surface area (Å²) >= 11 is 0. The molecule has 0 unspecified atom stereocenters. The molecule has 182 valence electrons. The molecular weight excluding hydrogens is 446 g/mol. The first-order valence-corrected chi connectivity index (χ1v) is 11.7. The maximum atomic E-state index is 5.76. The Morgan fingerprint density at radius 1 is 1.14 bits per heavy atom. The summed E-state index contributed by atoms with van der Waals surface area (Å²) in [6.07, 6.45) is 4.55. The van der Waals surface area contributed by atoms with Crippen molar-refractivity contribution in [1.29, 1.82) is 0 Å². The Balaban J connectivity index is 1.41. The van der Waals surface area contributed by atoms with Gasteiger partial charge < -0.3 is 24.8 Å². The van der Waals surface area contributed by atoms with E-state index >= 15 is 0 Å². The van der Waals surface area contributed by atoms with E-state index in [1.807, 2.05) is 43.3 Å². The summed E-state index contributed by atoms with van der Waals surface area (Å²) in [4.78, 5) is 16.2. The SMILES string of the molecule is COCCCNc1cc(Nc2cc(C)[nH]n2)nc(N2CCC[C@H]2c2cc(-c3ccccn3)no2)n1. The molecule has 0 aliphatic carbocycles. The summed E-state index contributed by atoms with van der Waals surface area (Å²) in [6, 6.07) is 11.5. The van der Waals surface area contributed by atoms with Crippen molar-refractivity contribution < 1.29 is 9.26 Å².